The van der Waals surface area contributed by atoms with Gasteiger partial charge in [0.2, 0.25) is 0 Å². The minimum atomic E-state index is -0.407. The summed E-state index contributed by atoms with van der Waals surface area (Å²) < 4.78 is 18.4. The van der Waals surface area contributed by atoms with E-state index in [4.69, 9.17) is 4.74 Å². The van der Waals surface area contributed by atoms with Crippen molar-refractivity contribution >= 4 is 5.69 Å². The van der Waals surface area contributed by atoms with Crippen LogP contribution in [0.2, 0.25) is 0 Å². The lowest BCUT2D eigenvalue weighted by atomic mass is 10.1. The number of phenols is 1. The molecule has 0 aliphatic heterocycles. The number of phenolic OH excluding ortho intramolecular Hbond substituents is 1. The van der Waals surface area contributed by atoms with Crippen molar-refractivity contribution in [3.8, 4) is 11.5 Å². The number of ether oxygens (including phenoxy) is 1. The molecule has 0 amide bonds. The average Bonchev–Trinajstić information content (AvgIpc) is 2.39. The minimum Gasteiger partial charge on any atom is -0.508 e. The lowest BCUT2D eigenvalue weighted by Gasteiger charge is -2.16. The summed E-state index contributed by atoms with van der Waals surface area (Å²) in [6.45, 7) is 1.94. The van der Waals surface area contributed by atoms with Gasteiger partial charge in [-0.25, -0.2) is 4.39 Å². The van der Waals surface area contributed by atoms with Crippen molar-refractivity contribution < 1.29 is 14.2 Å². The topological polar surface area (TPSA) is 41.5 Å². The van der Waals surface area contributed by atoms with Gasteiger partial charge < -0.3 is 15.2 Å². The molecule has 0 aliphatic rings. The first-order valence-electron chi connectivity index (χ1n) is 5.99. The van der Waals surface area contributed by atoms with Gasteiger partial charge in [-0.3, -0.25) is 0 Å². The van der Waals surface area contributed by atoms with Crippen LogP contribution >= 0.6 is 0 Å². The molecule has 19 heavy (non-hydrogen) atoms. The smallest absolute Gasteiger partial charge is 0.167 e. The van der Waals surface area contributed by atoms with E-state index in [2.05, 4.69) is 5.32 Å². The lowest BCUT2D eigenvalue weighted by Crippen LogP contribution is -2.06. The molecular weight excluding hydrogens is 245 g/mol. The summed E-state index contributed by atoms with van der Waals surface area (Å²) in [5.74, 6) is 0.0261. The van der Waals surface area contributed by atoms with Crippen molar-refractivity contribution in [2.75, 3.05) is 12.4 Å². The maximum absolute atomic E-state index is 13.6. The van der Waals surface area contributed by atoms with E-state index >= 15 is 0 Å². The third-order valence-corrected chi connectivity index (χ3v) is 2.91. The van der Waals surface area contributed by atoms with E-state index in [1.807, 2.05) is 13.0 Å². The van der Waals surface area contributed by atoms with Crippen LogP contribution in [0.15, 0.2) is 42.5 Å². The number of nitrogens with one attached hydrogen (secondary N) is 1. The first-order chi connectivity index (χ1) is 9.10. The Hall–Kier alpha value is -2.23. The molecular formula is C15H16FNO2. The van der Waals surface area contributed by atoms with Gasteiger partial charge in [0.05, 0.1) is 7.11 Å². The number of hydrogen-bond acceptors (Lipinski definition) is 3. The van der Waals surface area contributed by atoms with Gasteiger partial charge in [-0.15, -0.1) is 0 Å². The molecule has 2 aromatic rings. The van der Waals surface area contributed by atoms with E-state index in [9.17, 15) is 9.50 Å². The van der Waals surface area contributed by atoms with Crippen LogP contribution < -0.4 is 10.1 Å². The standard InChI is InChI=1S/C15H16FNO2/c1-10(11-4-3-5-13(18)8-11)17-12-6-7-15(19-2)14(16)9-12/h3-10,17-18H,1-2H3. The zero-order chi connectivity index (χ0) is 13.8. The number of rotatable bonds is 4. The third kappa shape index (κ3) is 3.16. The molecule has 3 nitrogen and oxygen atoms in total. The molecule has 0 heterocycles. The summed E-state index contributed by atoms with van der Waals surface area (Å²) in [5.41, 5.74) is 1.59. The first-order valence-corrected chi connectivity index (χ1v) is 5.99. The number of anilines is 1. The van der Waals surface area contributed by atoms with Crippen LogP contribution in [0.3, 0.4) is 0 Å². The molecule has 0 aliphatic carbocycles. The van der Waals surface area contributed by atoms with Gasteiger partial charge in [0.1, 0.15) is 5.75 Å². The molecule has 0 saturated heterocycles. The molecule has 0 saturated carbocycles. The summed E-state index contributed by atoms with van der Waals surface area (Å²) >= 11 is 0. The second-order valence-corrected chi connectivity index (χ2v) is 4.31. The molecule has 2 N–H and O–H groups in total. The lowest BCUT2D eigenvalue weighted by molar-refractivity contribution is 0.386. The maximum Gasteiger partial charge on any atom is 0.167 e. The molecule has 0 radical (unpaired) electrons. The molecule has 1 atom stereocenters. The zero-order valence-corrected chi connectivity index (χ0v) is 10.9. The van der Waals surface area contributed by atoms with Crippen molar-refractivity contribution in [2.45, 2.75) is 13.0 Å². The molecule has 1 unspecified atom stereocenters. The molecule has 0 spiro atoms. The van der Waals surface area contributed by atoms with Crippen LogP contribution in [-0.4, -0.2) is 12.2 Å². The van der Waals surface area contributed by atoms with Crippen molar-refractivity contribution in [1.82, 2.24) is 0 Å². The Morgan fingerprint density at radius 1 is 1.21 bits per heavy atom. The van der Waals surface area contributed by atoms with Crippen LogP contribution in [0.25, 0.3) is 0 Å². The SMILES string of the molecule is COc1ccc(NC(C)c2cccc(O)c2)cc1F. The Morgan fingerprint density at radius 2 is 2.00 bits per heavy atom. The number of halogens is 1. The van der Waals surface area contributed by atoms with E-state index in [0.29, 0.717) is 5.69 Å². The predicted octanol–water partition coefficient (Wildman–Crippen LogP) is 3.71. The predicted molar refractivity (Wildman–Crippen MR) is 73.1 cm³/mol. The zero-order valence-electron chi connectivity index (χ0n) is 10.9. The Kier molecular flexibility index (Phi) is 3.90. The van der Waals surface area contributed by atoms with Gasteiger partial charge in [-0.05, 0) is 36.8 Å². The summed E-state index contributed by atoms with van der Waals surface area (Å²) in [5, 5.41) is 12.6. The fourth-order valence-electron chi connectivity index (χ4n) is 1.88. The van der Waals surface area contributed by atoms with Gasteiger partial charge >= 0.3 is 0 Å². The Balaban J connectivity index is 2.14. The number of methoxy groups -OCH3 is 1. The second-order valence-electron chi connectivity index (χ2n) is 4.31. The van der Waals surface area contributed by atoms with Crippen LogP contribution in [0.5, 0.6) is 11.5 Å². The maximum atomic E-state index is 13.6. The highest BCUT2D eigenvalue weighted by molar-refractivity contribution is 5.49. The minimum absolute atomic E-state index is 0.0418. The van der Waals surface area contributed by atoms with E-state index < -0.39 is 5.82 Å². The highest BCUT2D eigenvalue weighted by atomic mass is 19.1. The fraction of sp³-hybridized carbons (Fsp3) is 0.200. The van der Waals surface area contributed by atoms with Crippen molar-refractivity contribution in [1.29, 1.82) is 0 Å². The van der Waals surface area contributed by atoms with Gasteiger partial charge in [0.15, 0.2) is 11.6 Å². The van der Waals surface area contributed by atoms with Crippen LogP contribution in [0, 0.1) is 5.82 Å². The van der Waals surface area contributed by atoms with E-state index in [0.717, 1.165) is 5.56 Å². The summed E-state index contributed by atoms with van der Waals surface area (Å²) in [6.07, 6.45) is 0. The van der Waals surface area contributed by atoms with Gasteiger partial charge in [-0.1, -0.05) is 12.1 Å². The molecule has 100 valence electrons. The Morgan fingerprint density at radius 3 is 2.63 bits per heavy atom. The summed E-state index contributed by atoms with van der Waals surface area (Å²) in [7, 11) is 1.43. The highest BCUT2D eigenvalue weighted by Crippen LogP contribution is 2.25. The number of benzene rings is 2. The van der Waals surface area contributed by atoms with Gasteiger partial charge in [-0.2, -0.15) is 0 Å². The number of aromatic hydroxyl groups is 1. The molecule has 0 aromatic heterocycles. The largest absolute Gasteiger partial charge is 0.508 e. The summed E-state index contributed by atoms with van der Waals surface area (Å²) in [6, 6.07) is 11.6. The van der Waals surface area contributed by atoms with E-state index in [1.54, 1.807) is 30.3 Å². The molecule has 0 fully saturated rings. The van der Waals surface area contributed by atoms with Crippen LogP contribution in [0.4, 0.5) is 10.1 Å². The van der Waals surface area contributed by atoms with E-state index in [1.165, 1.54) is 13.2 Å². The molecule has 0 bridgehead atoms. The summed E-state index contributed by atoms with van der Waals surface area (Å²) in [4.78, 5) is 0. The second kappa shape index (κ2) is 5.61. The molecule has 2 aromatic carbocycles. The first kappa shape index (κ1) is 13.2. The monoisotopic (exact) mass is 261 g/mol. The average molecular weight is 261 g/mol. The Labute approximate surface area is 111 Å². The fourth-order valence-corrected chi connectivity index (χ4v) is 1.88. The van der Waals surface area contributed by atoms with E-state index in [-0.39, 0.29) is 17.5 Å². The molecule has 4 heteroatoms. The van der Waals surface area contributed by atoms with Gasteiger partial charge in [0, 0.05) is 17.8 Å². The van der Waals surface area contributed by atoms with Crippen molar-refractivity contribution in [2.24, 2.45) is 0 Å². The highest BCUT2D eigenvalue weighted by Gasteiger charge is 2.08. The molecule has 2 rings (SSSR count). The van der Waals surface area contributed by atoms with Crippen molar-refractivity contribution in [3.05, 3.63) is 53.8 Å². The van der Waals surface area contributed by atoms with Gasteiger partial charge in [0.25, 0.3) is 0 Å². The number of hydrogen-bond donors (Lipinski definition) is 2. The quantitative estimate of drug-likeness (QED) is 0.881. The normalized spacial score (nSPS) is 11.9. The Bertz CT molecular complexity index is 572. The van der Waals surface area contributed by atoms with Crippen LogP contribution in [-0.2, 0) is 0 Å². The van der Waals surface area contributed by atoms with Crippen LogP contribution in [0.1, 0.15) is 18.5 Å². The van der Waals surface area contributed by atoms with Crippen molar-refractivity contribution in [3.63, 3.8) is 0 Å². The third-order valence-electron chi connectivity index (χ3n) is 2.91.